The van der Waals surface area contributed by atoms with Gasteiger partial charge >= 0.3 is 0 Å². The fourth-order valence-corrected chi connectivity index (χ4v) is 3.75. The van der Waals surface area contributed by atoms with Gasteiger partial charge in [-0.05, 0) is 24.6 Å². The van der Waals surface area contributed by atoms with Gasteiger partial charge in [0, 0.05) is 29.7 Å². The maximum atomic E-state index is 5.57. The topological polar surface area (TPSA) is 29.3 Å². The molecule has 1 aliphatic rings. The number of thiocarbonyl (C=S) groups is 1. The van der Waals surface area contributed by atoms with Crippen molar-refractivity contribution < 1.29 is 0 Å². The number of fused-ring (bicyclic) bond motifs is 1. The minimum atomic E-state index is 0.621. The van der Waals surface area contributed by atoms with Gasteiger partial charge in [0.25, 0.3) is 0 Å². The molecule has 0 radical (unpaired) electrons. The zero-order valence-electron chi connectivity index (χ0n) is 10.8. The number of benzene rings is 1. The number of nitrogens with two attached hydrogens (primary N) is 1. The van der Waals surface area contributed by atoms with E-state index in [1.54, 1.807) is 0 Å². The average Bonchev–Trinajstić information content (AvgIpc) is 2.76. The lowest BCUT2D eigenvalue weighted by Crippen LogP contribution is -2.33. The first kappa shape index (κ1) is 13.8. The molecule has 0 bridgehead atoms. The number of rotatable bonds is 6. The summed E-state index contributed by atoms with van der Waals surface area (Å²) < 4.78 is 0. The Hall–Kier alpha value is -0.580. The van der Waals surface area contributed by atoms with Crippen molar-refractivity contribution in [2.75, 3.05) is 19.6 Å². The van der Waals surface area contributed by atoms with Crippen molar-refractivity contribution in [3.63, 3.8) is 0 Å². The average molecular weight is 280 g/mol. The Morgan fingerprint density at radius 3 is 2.94 bits per heavy atom. The van der Waals surface area contributed by atoms with Crippen molar-refractivity contribution >= 4 is 29.0 Å². The van der Waals surface area contributed by atoms with Gasteiger partial charge in [0.05, 0.1) is 4.99 Å². The second-order valence-corrected chi connectivity index (χ2v) is 6.53. The molecule has 0 fully saturated rings. The van der Waals surface area contributed by atoms with Gasteiger partial charge in [0.15, 0.2) is 0 Å². The summed E-state index contributed by atoms with van der Waals surface area (Å²) in [6, 6.07) is 8.73. The predicted octanol–water partition coefficient (Wildman–Crippen LogP) is 2.70. The Balaban J connectivity index is 1.85. The van der Waals surface area contributed by atoms with Crippen LogP contribution in [0.25, 0.3) is 0 Å². The van der Waals surface area contributed by atoms with Crippen LogP contribution in [0.3, 0.4) is 0 Å². The summed E-state index contributed by atoms with van der Waals surface area (Å²) in [6.45, 7) is 5.38. The molecule has 2 rings (SSSR count). The highest BCUT2D eigenvalue weighted by Crippen LogP contribution is 2.36. The molecule has 1 aromatic rings. The van der Waals surface area contributed by atoms with E-state index in [1.165, 1.54) is 16.9 Å². The zero-order chi connectivity index (χ0) is 13.0. The summed E-state index contributed by atoms with van der Waals surface area (Å²) in [5.74, 6) is 0. The van der Waals surface area contributed by atoms with Crippen LogP contribution in [-0.2, 0) is 6.42 Å². The molecule has 0 spiro atoms. The molecule has 1 unspecified atom stereocenters. The highest BCUT2D eigenvalue weighted by atomic mass is 32.2. The Morgan fingerprint density at radius 2 is 2.28 bits per heavy atom. The van der Waals surface area contributed by atoms with Crippen molar-refractivity contribution in [2.24, 2.45) is 5.73 Å². The number of nitrogens with zero attached hydrogens (tertiary/aromatic N) is 1. The van der Waals surface area contributed by atoms with Crippen molar-refractivity contribution in [3.05, 3.63) is 29.8 Å². The van der Waals surface area contributed by atoms with Crippen LogP contribution in [0.1, 0.15) is 18.9 Å². The Labute approximate surface area is 119 Å². The van der Waals surface area contributed by atoms with Crippen LogP contribution in [0.4, 0.5) is 0 Å². The Kier molecular flexibility index (Phi) is 5.03. The van der Waals surface area contributed by atoms with Crippen LogP contribution in [0.5, 0.6) is 0 Å². The molecule has 0 aromatic heterocycles. The standard InChI is InChI=1S/C14H20N2S2/c1-2-16(8-7-14(15)17)10-12-9-11-5-3-4-6-13(11)18-12/h3-6,12H,2,7-10H2,1H3,(H2,15,17). The summed E-state index contributed by atoms with van der Waals surface area (Å²) >= 11 is 6.96. The number of thioether (sulfide) groups is 1. The van der Waals surface area contributed by atoms with Gasteiger partial charge in [0.2, 0.25) is 0 Å². The summed E-state index contributed by atoms with van der Waals surface area (Å²) in [6.07, 6.45) is 2.01. The highest BCUT2D eigenvalue weighted by Gasteiger charge is 2.23. The molecule has 98 valence electrons. The first-order valence-corrected chi connectivity index (χ1v) is 7.73. The molecular formula is C14H20N2S2. The van der Waals surface area contributed by atoms with E-state index in [4.69, 9.17) is 18.0 Å². The smallest absolute Gasteiger partial charge is 0.0740 e. The summed E-state index contributed by atoms with van der Waals surface area (Å²) in [7, 11) is 0. The van der Waals surface area contributed by atoms with Gasteiger partial charge in [-0.3, -0.25) is 0 Å². The summed E-state index contributed by atoms with van der Waals surface area (Å²) in [5, 5.41) is 0.675. The Morgan fingerprint density at radius 1 is 1.50 bits per heavy atom. The monoisotopic (exact) mass is 280 g/mol. The van der Waals surface area contributed by atoms with Gasteiger partial charge in [-0.2, -0.15) is 0 Å². The molecule has 18 heavy (non-hydrogen) atoms. The molecule has 0 saturated carbocycles. The van der Waals surface area contributed by atoms with Crippen molar-refractivity contribution in [2.45, 2.75) is 29.9 Å². The van der Waals surface area contributed by atoms with Gasteiger partial charge in [-0.25, -0.2) is 0 Å². The third-order valence-corrected chi connectivity index (χ3v) is 4.80. The highest BCUT2D eigenvalue weighted by molar-refractivity contribution is 8.00. The van der Waals surface area contributed by atoms with Crippen LogP contribution in [0.2, 0.25) is 0 Å². The van der Waals surface area contributed by atoms with E-state index in [2.05, 4.69) is 36.1 Å². The molecule has 1 atom stereocenters. The number of hydrogen-bond donors (Lipinski definition) is 1. The van der Waals surface area contributed by atoms with Crippen LogP contribution in [0.15, 0.2) is 29.2 Å². The first-order valence-electron chi connectivity index (χ1n) is 6.44. The maximum absolute atomic E-state index is 5.57. The minimum Gasteiger partial charge on any atom is -0.393 e. The molecule has 0 aliphatic carbocycles. The third kappa shape index (κ3) is 3.70. The predicted molar refractivity (Wildman–Crippen MR) is 83.3 cm³/mol. The molecule has 2 nitrogen and oxygen atoms in total. The lowest BCUT2D eigenvalue weighted by molar-refractivity contribution is 0.298. The molecular weight excluding hydrogens is 260 g/mol. The molecule has 0 saturated heterocycles. The van der Waals surface area contributed by atoms with E-state index < -0.39 is 0 Å². The Bertz CT molecular complexity index is 395. The summed E-state index contributed by atoms with van der Waals surface area (Å²) in [5.41, 5.74) is 7.07. The first-order chi connectivity index (χ1) is 8.69. The fourth-order valence-electron chi connectivity index (χ4n) is 2.29. The zero-order valence-corrected chi connectivity index (χ0v) is 12.4. The van der Waals surface area contributed by atoms with Gasteiger partial charge in [-0.1, -0.05) is 37.3 Å². The molecule has 1 aromatic carbocycles. The van der Waals surface area contributed by atoms with Crippen LogP contribution in [-0.4, -0.2) is 34.8 Å². The van der Waals surface area contributed by atoms with Crippen molar-refractivity contribution in [1.29, 1.82) is 0 Å². The largest absolute Gasteiger partial charge is 0.393 e. The fraction of sp³-hybridized carbons (Fsp3) is 0.500. The number of hydrogen-bond acceptors (Lipinski definition) is 3. The van der Waals surface area contributed by atoms with Crippen LogP contribution >= 0.6 is 24.0 Å². The van der Waals surface area contributed by atoms with E-state index in [1.807, 2.05) is 11.8 Å². The summed E-state index contributed by atoms with van der Waals surface area (Å²) in [4.78, 5) is 4.52. The molecule has 1 aliphatic heterocycles. The van der Waals surface area contributed by atoms with E-state index in [9.17, 15) is 0 Å². The van der Waals surface area contributed by atoms with E-state index >= 15 is 0 Å². The second kappa shape index (κ2) is 6.55. The molecule has 4 heteroatoms. The van der Waals surface area contributed by atoms with Gasteiger partial charge < -0.3 is 10.6 Å². The van der Waals surface area contributed by atoms with Crippen LogP contribution in [0, 0.1) is 0 Å². The third-order valence-electron chi connectivity index (χ3n) is 3.30. The van der Waals surface area contributed by atoms with Gasteiger partial charge in [-0.15, -0.1) is 11.8 Å². The SMILES string of the molecule is CCN(CCC(N)=S)CC1Cc2ccccc2S1. The van der Waals surface area contributed by atoms with Crippen LogP contribution < -0.4 is 5.73 Å². The van der Waals surface area contributed by atoms with Gasteiger partial charge in [0.1, 0.15) is 0 Å². The lowest BCUT2D eigenvalue weighted by Gasteiger charge is -2.23. The van der Waals surface area contributed by atoms with Crippen molar-refractivity contribution in [1.82, 2.24) is 4.90 Å². The minimum absolute atomic E-state index is 0.621. The quantitative estimate of drug-likeness (QED) is 0.811. The molecule has 2 N–H and O–H groups in total. The van der Waals surface area contributed by atoms with Crippen molar-refractivity contribution in [3.8, 4) is 0 Å². The maximum Gasteiger partial charge on any atom is 0.0740 e. The van der Waals surface area contributed by atoms with E-state index in [0.717, 1.165) is 26.1 Å². The second-order valence-electron chi connectivity index (χ2n) is 4.66. The lowest BCUT2D eigenvalue weighted by atomic mass is 10.1. The molecule has 0 amide bonds. The normalized spacial score (nSPS) is 18.0. The molecule has 1 heterocycles. The van der Waals surface area contributed by atoms with E-state index in [0.29, 0.717) is 10.2 Å². The van der Waals surface area contributed by atoms with E-state index in [-0.39, 0.29) is 0 Å².